The molecule has 0 N–H and O–H groups in total. The summed E-state index contributed by atoms with van der Waals surface area (Å²) < 4.78 is 39.6. The van der Waals surface area contributed by atoms with Crippen molar-refractivity contribution in [2.75, 3.05) is 25.2 Å². The average Bonchev–Trinajstić information content (AvgIpc) is 3.11. The molecule has 6 nitrogen and oxygen atoms in total. The molecule has 4 aromatic carbocycles. The molecule has 0 amide bonds. The Hall–Kier alpha value is -2.66. The minimum Gasteiger partial charge on any atom is -0.374 e. The van der Waals surface area contributed by atoms with Gasteiger partial charge in [0.15, 0.2) is 6.29 Å². The van der Waals surface area contributed by atoms with Crippen molar-refractivity contribution in [3.05, 3.63) is 144 Å². The van der Waals surface area contributed by atoms with E-state index in [9.17, 15) is 0 Å². The first-order valence-electron chi connectivity index (χ1n) is 15.8. The Bertz CT molecular complexity index is 1350. The van der Waals surface area contributed by atoms with Gasteiger partial charge in [-0.2, -0.15) is 0 Å². The van der Waals surface area contributed by atoms with Crippen LogP contribution in [-0.4, -0.2) is 55.9 Å². The highest BCUT2D eigenvalue weighted by Crippen LogP contribution is 2.32. The largest absolute Gasteiger partial charge is 0.374 e. The zero-order chi connectivity index (χ0) is 31.7. The van der Waals surface area contributed by atoms with Gasteiger partial charge in [0.1, 0.15) is 24.4 Å². The normalized spacial score (nSPS) is 21.3. The van der Waals surface area contributed by atoms with Gasteiger partial charge in [-0.05, 0) is 34.9 Å². The molecule has 8 heteroatoms. The third kappa shape index (κ3) is 11.2. The predicted octanol–water partition coefficient (Wildman–Crippen LogP) is 8.10. The topological polar surface area (TPSA) is 55.4 Å². The second-order valence-corrected chi connectivity index (χ2v) is 13.7. The Morgan fingerprint density at radius 3 is 1.50 bits per heavy atom. The quantitative estimate of drug-likeness (QED) is 0.0739. The van der Waals surface area contributed by atoms with E-state index < -0.39 is 30.7 Å². The van der Waals surface area contributed by atoms with E-state index in [2.05, 4.69) is 54.8 Å². The van der Waals surface area contributed by atoms with Crippen molar-refractivity contribution in [3.63, 3.8) is 0 Å². The van der Waals surface area contributed by atoms with Gasteiger partial charge in [-0.1, -0.05) is 143 Å². The first-order chi connectivity index (χ1) is 22.8. The second kappa shape index (κ2) is 19.9. The molecular weight excluding hydrogens is 617 g/mol. The molecule has 1 aliphatic heterocycles. The molecule has 1 heterocycles. The SMILES string of the molecule is CSSCCCO[C@@H]1O[C@H](COCc2ccccc2)[C@@H](OCc2ccccc2)[C@H](OCc2ccccc2)[C@H]1OCc1ccccc1. The van der Waals surface area contributed by atoms with Crippen LogP contribution < -0.4 is 0 Å². The zero-order valence-corrected chi connectivity index (χ0v) is 28.0. The van der Waals surface area contributed by atoms with Crippen LogP contribution in [0.2, 0.25) is 0 Å². The Labute approximate surface area is 281 Å². The Kier molecular flexibility index (Phi) is 15.0. The minimum atomic E-state index is -0.661. The lowest BCUT2D eigenvalue weighted by atomic mass is 9.97. The van der Waals surface area contributed by atoms with Gasteiger partial charge in [-0.25, -0.2) is 0 Å². The highest BCUT2D eigenvalue weighted by atomic mass is 33.1. The minimum absolute atomic E-state index is 0.313. The average molecular weight is 661 g/mol. The Morgan fingerprint density at radius 1 is 0.543 bits per heavy atom. The van der Waals surface area contributed by atoms with E-state index in [4.69, 9.17) is 28.4 Å². The number of hydrogen-bond donors (Lipinski definition) is 0. The monoisotopic (exact) mass is 660 g/mol. The van der Waals surface area contributed by atoms with Crippen molar-refractivity contribution in [3.8, 4) is 0 Å². The van der Waals surface area contributed by atoms with Crippen LogP contribution in [0.25, 0.3) is 0 Å². The molecule has 0 aliphatic carbocycles. The summed E-state index contributed by atoms with van der Waals surface area (Å²) >= 11 is 0. The maximum atomic E-state index is 6.77. The van der Waals surface area contributed by atoms with Gasteiger partial charge in [0.25, 0.3) is 0 Å². The zero-order valence-electron chi connectivity index (χ0n) is 26.4. The first-order valence-corrected chi connectivity index (χ1v) is 18.5. The third-order valence-electron chi connectivity index (χ3n) is 7.61. The van der Waals surface area contributed by atoms with E-state index in [1.54, 1.807) is 10.8 Å². The van der Waals surface area contributed by atoms with Crippen molar-refractivity contribution in [1.82, 2.24) is 0 Å². The summed E-state index contributed by atoms with van der Waals surface area (Å²) in [6.07, 6.45) is 0.372. The van der Waals surface area contributed by atoms with Gasteiger partial charge in [0.05, 0.1) is 39.6 Å². The molecule has 5 atom stereocenters. The van der Waals surface area contributed by atoms with Crippen LogP contribution in [0.5, 0.6) is 0 Å². The van der Waals surface area contributed by atoms with Crippen molar-refractivity contribution in [2.24, 2.45) is 0 Å². The number of ether oxygens (including phenoxy) is 6. The maximum absolute atomic E-state index is 6.77. The van der Waals surface area contributed by atoms with Gasteiger partial charge in [-0.15, -0.1) is 0 Å². The third-order valence-corrected chi connectivity index (χ3v) is 9.51. The fourth-order valence-corrected chi connectivity index (χ4v) is 6.54. The summed E-state index contributed by atoms with van der Waals surface area (Å²) in [5.74, 6) is 0.990. The van der Waals surface area contributed by atoms with Crippen molar-refractivity contribution in [1.29, 1.82) is 0 Å². The van der Waals surface area contributed by atoms with Gasteiger partial charge in [0, 0.05) is 5.75 Å². The number of hydrogen-bond acceptors (Lipinski definition) is 8. The summed E-state index contributed by atoms with van der Waals surface area (Å²) in [6.45, 7) is 2.51. The molecule has 4 aromatic rings. The van der Waals surface area contributed by atoms with Crippen LogP contribution in [-0.2, 0) is 54.8 Å². The molecule has 5 rings (SSSR count). The molecule has 0 aromatic heterocycles. The van der Waals surface area contributed by atoms with Gasteiger partial charge < -0.3 is 28.4 Å². The van der Waals surface area contributed by atoms with Gasteiger partial charge >= 0.3 is 0 Å². The fourth-order valence-electron chi connectivity index (χ4n) is 5.28. The molecule has 0 unspecified atom stereocenters. The van der Waals surface area contributed by atoms with E-state index in [0.717, 1.165) is 34.4 Å². The molecular formula is C38H44O6S2. The smallest absolute Gasteiger partial charge is 0.186 e. The van der Waals surface area contributed by atoms with Crippen LogP contribution in [0.1, 0.15) is 28.7 Å². The second-order valence-electron chi connectivity index (χ2n) is 11.0. The van der Waals surface area contributed by atoms with Gasteiger partial charge in [-0.3, -0.25) is 0 Å². The molecule has 0 spiro atoms. The molecule has 0 radical (unpaired) electrons. The molecule has 244 valence electrons. The lowest BCUT2D eigenvalue weighted by molar-refractivity contribution is -0.328. The molecule has 0 bridgehead atoms. The van der Waals surface area contributed by atoms with Crippen molar-refractivity contribution < 1.29 is 28.4 Å². The Balaban J connectivity index is 1.41. The molecule has 1 aliphatic rings. The van der Waals surface area contributed by atoms with Gasteiger partial charge in [0.2, 0.25) is 0 Å². The highest BCUT2D eigenvalue weighted by Gasteiger charge is 2.49. The molecule has 0 saturated carbocycles. The van der Waals surface area contributed by atoms with Crippen LogP contribution >= 0.6 is 21.6 Å². The van der Waals surface area contributed by atoms with Crippen molar-refractivity contribution >= 4 is 21.6 Å². The van der Waals surface area contributed by atoms with Crippen molar-refractivity contribution in [2.45, 2.75) is 63.6 Å². The standard InChI is InChI=1S/C38H44O6S2/c1-45-46-24-14-23-40-38-37(43-28-33-21-12-5-13-22-33)36(42-27-32-19-10-4-11-20-32)35(41-26-31-17-8-3-9-18-31)34(44-38)29-39-25-30-15-6-2-7-16-30/h2-13,15-22,34-38H,14,23-29H2,1H3/t34-,35-,36+,37-,38-/m1/s1. The first kappa shape index (κ1) is 34.7. The van der Waals surface area contributed by atoms with Crippen LogP contribution in [0, 0.1) is 0 Å². The maximum Gasteiger partial charge on any atom is 0.186 e. The van der Waals surface area contributed by atoms with E-state index in [-0.39, 0.29) is 0 Å². The fraction of sp³-hybridized carbons (Fsp3) is 0.368. The molecule has 46 heavy (non-hydrogen) atoms. The summed E-state index contributed by atoms with van der Waals surface area (Å²) in [7, 11) is 3.59. The van der Waals surface area contributed by atoms with Crippen LogP contribution in [0.15, 0.2) is 121 Å². The molecule has 1 fully saturated rings. The summed E-state index contributed by atoms with van der Waals surface area (Å²) in [6, 6.07) is 40.7. The summed E-state index contributed by atoms with van der Waals surface area (Å²) in [5, 5.41) is 0. The lowest BCUT2D eigenvalue weighted by Gasteiger charge is -2.46. The predicted molar refractivity (Wildman–Crippen MR) is 186 cm³/mol. The number of rotatable bonds is 19. The summed E-state index contributed by atoms with van der Waals surface area (Å²) in [5.41, 5.74) is 4.30. The van der Waals surface area contributed by atoms with Crippen LogP contribution in [0.4, 0.5) is 0 Å². The Morgan fingerprint density at radius 2 is 1.00 bits per heavy atom. The number of benzene rings is 4. The lowest BCUT2D eigenvalue weighted by Crippen LogP contribution is -2.61. The van der Waals surface area contributed by atoms with E-state index in [0.29, 0.717) is 39.6 Å². The van der Waals surface area contributed by atoms with Crippen LogP contribution in [0.3, 0.4) is 0 Å². The highest BCUT2D eigenvalue weighted by molar-refractivity contribution is 8.76. The summed E-state index contributed by atoms with van der Waals surface area (Å²) in [4.78, 5) is 0. The molecule has 1 saturated heterocycles. The van der Waals surface area contributed by atoms with E-state index in [1.165, 1.54) is 0 Å². The van der Waals surface area contributed by atoms with E-state index >= 15 is 0 Å². The van der Waals surface area contributed by atoms with E-state index in [1.807, 2.05) is 83.6 Å².